The molecule has 29 heavy (non-hydrogen) atoms. The standard InChI is InChI=1S/C25H24N2O2/c1-2-3-6-14-27-22-10-5-4-9-20(22)25(24(27)28)17-29-23-12-11-18(15-21(23)25)19-8-7-13-26-16-19/h4-5,7-13,15-16H,2-3,6,14,17H2,1H3. The SMILES string of the molecule is CCCCCN1C(=O)C2(COc3ccc(-c4cccnc4)cc32)c2ccccc21. The first-order chi connectivity index (χ1) is 14.3. The van der Waals surface area contributed by atoms with E-state index >= 15 is 0 Å². The van der Waals surface area contributed by atoms with E-state index in [0.717, 1.165) is 59.5 Å². The number of aromatic nitrogens is 1. The van der Waals surface area contributed by atoms with Crippen molar-refractivity contribution in [1.29, 1.82) is 0 Å². The van der Waals surface area contributed by atoms with Crippen molar-refractivity contribution in [3.63, 3.8) is 0 Å². The molecule has 2 aromatic carbocycles. The summed E-state index contributed by atoms with van der Waals surface area (Å²) in [6, 6.07) is 18.3. The maximum Gasteiger partial charge on any atom is 0.245 e. The molecule has 0 N–H and O–H groups in total. The molecule has 0 saturated carbocycles. The van der Waals surface area contributed by atoms with Gasteiger partial charge in [-0.2, -0.15) is 0 Å². The van der Waals surface area contributed by atoms with Gasteiger partial charge in [-0.25, -0.2) is 0 Å². The van der Waals surface area contributed by atoms with Gasteiger partial charge in [-0.1, -0.05) is 50.1 Å². The number of unbranched alkanes of at least 4 members (excludes halogenated alkanes) is 2. The molecule has 1 atom stereocenters. The molecule has 0 fully saturated rings. The predicted octanol–water partition coefficient (Wildman–Crippen LogP) is 4.96. The summed E-state index contributed by atoms with van der Waals surface area (Å²) >= 11 is 0. The number of rotatable bonds is 5. The second kappa shape index (κ2) is 7.03. The molecule has 0 radical (unpaired) electrons. The zero-order chi connectivity index (χ0) is 19.8. The normalized spacial score (nSPS) is 19.3. The fourth-order valence-electron chi connectivity index (χ4n) is 4.63. The second-order valence-electron chi connectivity index (χ2n) is 7.83. The first-order valence-electron chi connectivity index (χ1n) is 10.3. The Morgan fingerprint density at radius 2 is 1.93 bits per heavy atom. The molecular weight excluding hydrogens is 360 g/mol. The third-order valence-electron chi connectivity index (χ3n) is 6.13. The van der Waals surface area contributed by atoms with Gasteiger partial charge < -0.3 is 9.64 Å². The number of nitrogens with zero attached hydrogens (tertiary/aromatic N) is 2. The highest BCUT2D eigenvalue weighted by Gasteiger charge is 2.56. The average Bonchev–Trinajstić information content (AvgIpc) is 3.27. The lowest BCUT2D eigenvalue weighted by Gasteiger charge is -2.23. The zero-order valence-electron chi connectivity index (χ0n) is 16.6. The van der Waals surface area contributed by atoms with Crippen LogP contribution in [-0.2, 0) is 10.2 Å². The summed E-state index contributed by atoms with van der Waals surface area (Å²) in [5.74, 6) is 0.938. The second-order valence-corrected chi connectivity index (χ2v) is 7.83. The number of hydrogen-bond acceptors (Lipinski definition) is 3. The van der Waals surface area contributed by atoms with Crippen molar-refractivity contribution in [2.75, 3.05) is 18.1 Å². The van der Waals surface area contributed by atoms with Gasteiger partial charge in [-0.15, -0.1) is 0 Å². The molecule has 0 bridgehead atoms. The Hall–Kier alpha value is -3.14. The minimum atomic E-state index is -0.754. The topological polar surface area (TPSA) is 42.4 Å². The van der Waals surface area contributed by atoms with Gasteiger partial charge in [-0.3, -0.25) is 9.78 Å². The molecule has 1 unspecified atom stereocenters. The molecule has 5 rings (SSSR count). The van der Waals surface area contributed by atoms with Crippen molar-refractivity contribution in [1.82, 2.24) is 4.98 Å². The fraction of sp³-hybridized carbons (Fsp3) is 0.280. The average molecular weight is 384 g/mol. The fourth-order valence-corrected chi connectivity index (χ4v) is 4.63. The molecule has 1 spiro atoms. The van der Waals surface area contributed by atoms with Gasteiger partial charge in [0.15, 0.2) is 0 Å². The Labute approximate surface area is 171 Å². The van der Waals surface area contributed by atoms with Crippen molar-refractivity contribution < 1.29 is 9.53 Å². The van der Waals surface area contributed by atoms with E-state index in [9.17, 15) is 4.79 Å². The molecule has 1 aromatic heterocycles. The van der Waals surface area contributed by atoms with E-state index in [4.69, 9.17) is 4.74 Å². The van der Waals surface area contributed by atoms with E-state index in [1.807, 2.05) is 47.5 Å². The molecule has 0 saturated heterocycles. The Bertz CT molecular complexity index is 1060. The molecule has 4 nitrogen and oxygen atoms in total. The quantitative estimate of drug-likeness (QED) is 0.584. The summed E-state index contributed by atoms with van der Waals surface area (Å²) in [4.78, 5) is 20.0. The number of carbonyl (C=O) groups is 1. The zero-order valence-corrected chi connectivity index (χ0v) is 16.6. The molecule has 2 aliphatic heterocycles. The molecule has 3 heterocycles. The van der Waals surface area contributed by atoms with Crippen LogP contribution < -0.4 is 9.64 Å². The number of hydrogen-bond donors (Lipinski definition) is 0. The Balaban J connectivity index is 1.63. The highest BCUT2D eigenvalue weighted by molar-refractivity contribution is 6.11. The summed E-state index contributed by atoms with van der Waals surface area (Å²) in [5, 5.41) is 0. The molecule has 4 heteroatoms. The van der Waals surface area contributed by atoms with E-state index in [2.05, 4.69) is 30.1 Å². The molecule has 2 aliphatic rings. The third kappa shape index (κ3) is 2.66. The number of pyridine rings is 1. The smallest absolute Gasteiger partial charge is 0.245 e. The van der Waals surface area contributed by atoms with E-state index in [1.165, 1.54) is 0 Å². The lowest BCUT2D eigenvalue weighted by molar-refractivity contribution is -0.122. The lowest BCUT2D eigenvalue weighted by atomic mass is 9.76. The van der Waals surface area contributed by atoms with Crippen LogP contribution in [0.5, 0.6) is 5.75 Å². The van der Waals surface area contributed by atoms with Crippen LogP contribution in [0, 0.1) is 0 Å². The molecule has 1 amide bonds. The van der Waals surface area contributed by atoms with Crippen LogP contribution in [0.3, 0.4) is 0 Å². The van der Waals surface area contributed by atoms with Crippen LogP contribution in [0.2, 0.25) is 0 Å². The Kier molecular flexibility index (Phi) is 4.35. The highest BCUT2D eigenvalue weighted by Crippen LogP contribution is 2.52. The third-order valence-corrected chi connectivity index (χ3v) is 6.13. The summed E-state index contributed by atoms with van der Waals surface area (Å²) in [5.41, 5.74) is 4.39. The van der Waals surface area contributed by atoms with Gasteiger partial charge >= 0.3 is 0 Å². The number of carbonyl (C=O) groups excluding carboxylic acids is 1. The van der Waals surface area contributed by atoms with Crippen molar-refractivity contribution >= 4 is 11.6 Å². The maximum atomic E-state index is 13.8. The van der Waals surface area contributed by atoms with Crippen LogP contribution >= 0.6 is 0 Å². The molecule has 146 valence electrons. The van der Waals surface area contributed by atoms with Crippen LogP contribution in [0.4, 0.5) is 5.69 Å². The van der Waals surface area contributed by atoms with Crippen molar-refractivity contribution in [3.05, 3.63) is 78.1 Å². The van der Waals surface area contributed by atoms with Crippen LogP contribution in [0.1, 0.15) is 37.3 Å². The minimum absolute atomic E-state index is 0.136. The molecule has 0 aliphatic carbocycles. The number of para-hydroxylation sites is 1. The van der Waals surface area contributed by atoms with Crippen LogP contribution in [0.15, 0.2) is 67.0 Å². The Morgan fingerprint density at radius 3 is 2.76 bits per heavy atom. The lowest BCUT2D eigenvalue weighted by Crippen LogP contribution is -2.42. The summed E-state index contributed by atoms with van der Waals surface area (Å²) in [6.45, 7) is 3.30. The summed E-state index contributed by atoms with van der Waals surface area (Å²) in [6.07, 6.45) is 6.89. The molecule has 3 aromatic rings. The first-order valence-corrected chi connectivity index (χ1v) is 10.3. The van der Waals surface area contributed by atoms with Gasteiger partial charge in [0, 0.05) is 35.8 Å². The van der Waals surface area contributed by atoms with Gasteiger partial charge in [0.2, 0.25) is 5.91 Å². The predicted molar refractivity (Wildman–Crippen MR) is 114 cm³/mol. The first kappa shape index (κ1) is 17.9. The van der Waals surface area contributed by atoms with E-state index in [-0.39, 0.29) is 5.91 Å². The van der Waals surface area contributed by atoms with Crippen molar-refractivity contribution in [2.45, 2.75) is 31.6 Å². The van der Waals surface area contributed by atoms with Gasteiger partial charge in [0.25, 0.3) is 0 Å². The highest BCUT2D eigenvalue weighted by atomic mass is 16.5. The number of anilines is 1. The number of fused-ring (bicyclic) bond motifs is 4. The number of amides is 1. The van der Waals surface area contributed by atoms with E-state index < -0.39 is 5.41 Å². The largest absolute Gasteiger partial charge is 0.491 e. The van der Waals surface area contributed by atoms with Crippen molar-refractivity contribution in [2.24, 2.45) is 0 Å². The van der Waals surface area contributed by atoms with Crippen LogP contribution in [0.25, 0.3) is 11.1 Å². The monoisotopic (exact) mass is 384 g/mol. The van der Waals surface area contributed by atoms with Gasteiger partial charge in [-0.05, 0) is 41.8 Å². The van der Waals surface area contributed by atoms with Crippen molar-refractivity contribution in [3.8, 4) is 16.9 Å². The Morgan fingerprint density at radius 1 is 1.03 bits per heavy atom. The van der Waals surface area contributed by atoms with E-state index in [1.54, 1.807) is 6.20 Å². The van der Waals surface area contributed by atoms with Crippen LogP contribution in [-0.4, -0.2) is 24.0 Å². The summed E-state index contributed by atoms with van der Waals surface area (Å²) < 4.78 is 6.07. The summed E-state index contributed by atoms with van der Waals surface area (Å²) in [7, 11) is 0. The molecular formula is C25H24N2O2. The maximum absolute atomic E-state index is 13.8. The van der Waals surface area contributed by atoms with E-state index in [0.29, 0.717) is 6.61 Å². The number of benzene rings is 2. The van der Waals surface area contributed by atoms with Gasteiger partial charge in [0.1, 0.15) is 17.8 Å². The van der Waals surface area contributed by atoms with Gasteiger partial charge in [0.05, 0.1) is 0 Å². The minimum Gasteiger partial charge on any atom is -0.491 e. The number of ether oxygens (including phenoxy) is 1.